The minimum Gasteiger partial charge on any atom is -0.496 e. The van der Waals surface area contributed by atoms with Gasteiger partial charge in [0.25, 0.3) is 0 Å². The fourth-order valence-corrected chi connectivity index (χ4v) is 2.79. The molecule has 0 spiro atoms. The van der Waals surface area contributed by atoms with E-state index in [1.165, 1.54) is 23.1 Å². The number of nitrogens with one attached hydrogen (secondary N) is 1. The van der Waals surface area contributed by atoms with Crippen molar-refractivity contribution in [2.24, 2.45) is 0 Å². The van der Waals surface area contributed by atoms with Crippen LogP contribution >= 0.6 is 0 Å². The zero-order valence-electron chi connectivity index (χ0n) is 12.1. The molecule has 1 saturated carbocycles. The van der Waals surface area contributed by atoms with Crippen LogP contribution in [0.1, 0.15) is 29.0 Å². The Morgan fingerprint density at radius 2 is 1.95 bits per heavy atom. The molecule has 3 rings (SSSR count). The van der Waals surface area contributed by atoms with Gasteiger partial charge in [-0.15, -0.1) is 0 Å². The Balaban J connectivity index is 1.55. The SMILES string of the molecule is COc1ccc(CN[C@H]2CC2c2ccccc2)cc1C. The molecule has 104 valence electrons. The third-order valence-electron chi connectivity index (χ3n) is 4.05. The van der Waals surface area contributed by atoms with Crippen molar-refractivity contribution in [2.45, 2.75) is 31.8 Å². The molecule has 1 N–H and O–H groups in total. The van der Waals surface area contributed by atoms with Gasteiger partial charge in [0.15, 0.2) is 0 Å². The smallest absolute Gasteiger partial charge is 0.121 e. The van der Waals surface area contributed by atoms with Gasteiger partial charge in [-0.25, -0.2) is 0 Å². The Hall–Kier alpha value is -1.80. The molecule has 2 nitrogen and oxygen atoms in total. The molecule has 0 aliphatic heterocycles. The van der Waals surface area contributed by atoms with Crippen molar-refractivity contribution >= 4 is 0 Å². The molecule has 1 unspecified atom stereocenters. The fourth-order valence-electron chi connectivity index (χ4n) is 2.79. The first-order valence-corrected chi connectivity index (χ1v) is 7.20. The highest BCUT2D eigenvalue weighted by atomic mass is 16.5. The summed E-state index contributed by atoms with van der Waals surface area (Å²) in [6.45, 7) is 3.02. The molecular formula is C18H21NO. The lowest BCUT2D eigenvalue weighted by Crippen LogP contribution is -2.17. The third kappa shape index (κ3) is 2.86. The van der Waals surface area contributed by atoms with Crippen LogP contribution in [0.3, 0.4) is 0 Å². The van der Waals surface area contributed by atoms with E-state index in [2.05, 4.69) is 54.7 Å². The van der Waals surface area contributed by atoms with Gasteiger partial charge in [-0.2, -0.15) is 0 Å². The van der Waals surface area contributed by atoms with Crippen molar-refractivity contribution in [3.8, 4) is 5.75 Å². The fraction of sp³-hybridized carbons (Fsp3) is 0.333. The van der Waals surface area contributed by atoms with Gasteiger partial charge in [0.1, 0.15) is 5.75 Å². The second-order valence-electron chi connectivity index (χ2n) is 5.54. The zero-order chi connectivity index (χ0) is 13.9. The topological polar surface area (TPSA) is 21.3 Å². The number of hydrogen-bond donors (Lipinski definition) is 1. The van der Waals surface area contributed by atoms with Crippen LogP contribution in [0.4, 0.5) is 0 Å². The molecule has 0 aromatic heterocycles. The molecule has 0 bridgehead atoms. The van der Waals surface area contributed by atoms with Crippen molar-refractivity contribution in [1.29, 1.82) is 0 Å². The second kappa shape index (κ2) is 5.68. The van der Waals surface area contributed by atoms with E-state index in [9.17, 15) is 0 Å². The van der Waals surface area contributed by atoms with E-state index in [1.54, 1.807) is 7.11 Å². The van der Waals surface area contributed by atoms with Crippen LogP contribution < -0.4 is 10.1 Å². The van der Waals surface area contributed by atoms with E-state index in [1.807, 2.05) is 6.07 Å². The molecule has 1 fully saturated rings. The Morgan fingerprint density at radius 3 is 2.65 bits per heavy atom. The number of ether oxygens (including phenoxy) is 1. The summed E-state index contributed by atoms with van der Waals surface area (Å²) in [7, 11) is 1.72. The van der Waals surface area contributed by atoms with Crippen LogP contribution in [0.2, 0.25) is 0 Å². The maximum Gasteiger partial charge on any atom is 0.121 e. The average Bonchev–Trinajstić information content (AvgIpc) is 3.26. The highest BCUT2D eigenvalue weighted by molar-refractivity contribution is 5.36. The van der Waals surface area contributed by atoms with Crippen molar-refractivity contribution in [2.75, 3.05) is 7.11 Å². The van der Waals surface area contributed by atoms with E-state index >= 15 is 0 Å². The molecule has 2 atom stereocenters. The Labute approximate surface area is 120 Å². The molecule has 20 heavy (non-hydrogen) atoms. The summed E-state index contributed by atoms with van der Waals surface area (Å²) in [5, 5.41) is 3.65. The third-order valence-corrected chi connectivity index (χ3v) is 4.05. The molecule has 0 heterocycles. The van der Waals surface area contributed by atoms with Gasteiger partial charge in [-0.1, -0.05) is 42.5 Å². The molecule has 1 aliphatic carbocycles. The lowest BCUT2D eigenvalue weighted by molar-refractivity contribution is 0.411. The highest BCUT2D eigenvalue weighted by Crippen LogP contribution is 2.40. The summed E-state index contributed by atoms with van der Waals surface area (Å²) in [6, 6.07) is 17.8. The summed E-state index contributed by atoms with van der Waals surface area (Å²) < 4.78 is 5.29. The zero-order valence-corrected chi connectivity index (χ0v) is 12.1. The summed E-state index contributed by atoms with van der Waals surface area (Å²) >= 11 is 0. The van der Waals surface area contributed by atoms with Crippen LogP contribution in [-0.4, -0.2) is 13.2 Å². The quantitative estimate of drug-likeness (QED) is 0.893. The van der Waals surface area contributed by atoms with Gasteiger partial charge < -0.3 is 10.1 Å². The van der Waals surface area contributed by atoms with Crippen molar-refractivity contribution in [3.63, 3.8) is 0 Å². The van der Waals surface area contributed by atoms with E-state index < -0.39 is 0 Å². The first-order chi connectivity index (χ1) is 9.78. The molecule has 0 amide bonds. The van der Waals surface area contributed by atoms with E-state index in [4.69, 9.17) is 4.74 Å². The number of benzene rings is 2. The monoisotopic (exact) mass is 267 g/mol. The molecular weight excluding hydrogens is 246 g/mol. The van der Waals surface area contributed by atoms with Crippen molar-refractivity contribution in [1.82, 2.24) is 5.32 Å². The average molecular weight is 267 g/mol. The van der Waals surface area contributed by atoms with E-state index in [-0.39, 0.29) is 0 Å². The van der Waals surface area contributed by atoms with Gasteiger partial charge in [-0.05, 0) is 36.1 Å². The predicted molar refractivity (Wildman–Crippen MR) is 82.2 cm³/mol. The van der Waals surface area contributed by atoms with E-state index in [0.29, 0.717) is 12.0 Å². The summed E-state index contributed by atoms with van der Waals surface area (Å²) in [5.41, 5.74) is 3.97. The predicted octanol–water partition coefficient (Wildman–Crippen LogP) is 3.65. The maximum absolute atomic E-state index is 5.29. The largest absolute Gasteiger partial charge is 0.496 e. The summed E-state index contributed by atoms with van der Waals surface area (Å²) in [6.07, 6.45) is 1.25. The first kappa shape index (κ1) is 13.2. The van der Waals surface area contributed by atoms with Crippen LogP contribution in [0.15, 0.2) is 48.5 Å². The molecule has 2 aromatic carbocycles. The Kier molecular flexibility index (Phi) is 3.75. The van der Waals surface area contributed by atoms with Crippen molar-refractivity contribution < 1.29 is 4.74 Å². The lowest BCUT2D eigenvalue weighted by Gasteiger charge is -2.08. The number of aryl methyl sites for hydroxylation is 1. The van der Waals surface area contributed by atoms with Crippen LogP contribution in [0, 0.1) is 6.92 Å². The normalized spacial score (nSPS) is 20.7. The summed E-state index contributed by atoms with van der Waals surface area (Å²) in [5.74, 6) is 1.65. The van der Waals surface area contributed by atoms with Gasteiger partial charge in [-0.3, -0.25) is 0 Å². The van der Waals surface area contributed by atoms with Crippen LogP contribution in [-0.2, 0) is 6.54 Å². The molecule has 2 aromatic rings. The van der Waals surface area contributed by atoms with E-state index in [0.717, 1.165) is 12.3 Å². The van der Waals surface area contributed by atoms with Crippen LogP contribution in [0.5, 0.6) is 5.75 Å². The highest BCUT2D eigenvalue weighted by Gasteiger charge is 2.37. The molecule has 2 heteroatoms. The Bertz CT molecular complexity index is 579. The van der Waals surface area contributed by atoms with Crippen molar-refractivity contribution in [3.05, 3.63) is 65.2 Å². The lowest BCUT2D eigenvalue weighted by atomic mass is 10.1. The number of hydrogen-bond acceptors (Lipinski definition) is 2. The standard InChI is InChI=1S/C18H21NO/c1-13-10-14(8-9-18(13)20-2)12-19-17-11-16(17)15-6-4-3-5-7-15/h3-10,16-17,19H,11-12H2,1-2H3/t16?,17-/m0/s1. The molecule has 0 radical (unpaired) electrons. The molecule has 0 saturated heterocycles. The number of methoxy groups -OCH3 is 1. The maximum atomic E-state index is 5.29. The minimum atomic E-state index is 0.625. The minimum absolute atomic E-state index is 0.625. The van der Waals surface area contributed by atoms with Gasteiger partial charge in [0, 0.05) is 18.5 Å². The van der Waals surface area contributed by atoms with Gasteiger partial charge in [0.2, 0.25) is 0 Å². The van der Waals surface area contributed by atoms with Crippen LogP contribution in [0.25, 0.3) is 0 Å². The molecule has 1 aliphatic rings. The second-order valence-corrected chi connectivity index (χ2v) is 5.54. The van der Waals surface area contributed by atoms with Gasteiger partial charge >= 0.3 is 0 Å². The Morgan fingerprint density at radius 1 is 1.15 bits per heavy atom. The number of rotatable bonds is 5. The van der Waals surface area contributed by atoms with Gasteiger partial charge in [0.05, 0.1) is 7.11 Å². The first-order valence-electron chi connectivity index (χ1n) is 7.20. The summed E-state index contributed by atoms with van der Waals surface area (Å²) in [4.78, 5) is 0.